The van der Waals surface area contributed by atoms with E-state index in [9.17, 15) is 4.79 Å². The van der Waals surface area contributed by atoms with Crippen LogP contribution in [-0.4, -0.2) is 23.5 Å². The van der Waals surface area contributed by atoms with Gasteiger partial charge in [0.05, 0.1) is 6.04 Å². The number of terminal acetylenes is 1. The zero-order chi connectivity index (χ0) is 13.7. The molecular formula is C15H17N3O. The van der Waals surface area contributed by atoms with E-state index in [0.717, 1.165) is 11.9 Å². The van der Waals surface area contributed by atoms with E-state index in [4.69, 9.17) is 12.2 Å². The lowest BCUT2D eigenvalue weighted by Crippen LogP contribution is -2.41. The second-order valence-corrected chi connectivity index (χ2v) is 4.42. The molecule has 4 N–H and O–H groups in total. The third-order valence-electron chi connectivity index (χ3n) is 3.04. The normalized spacial score (nSPS) is 12.0. The SMILES string of the molecule is C#CCC(N)C(=O)NCCc1c[nH]c2ccccc12. The number of nitrogens with one attached hydrogen (secondary N) is 2. The van der Waals surface area contributed by atoms with Gasteiger partial charge in [-0.15, -0.1) is 12.3 Å². The second-order valence-electron chi connectivity index (χ2n) is 4.42. The lowest BCUT2D eigenvalue weighted by atomic mass is 10.1. The summed E-state index contributed by atoms with van der Waals surface area (Å²) < 4.78 is 0. The molecule has 0 aliphatic rings. The van der Waals surface area contributed by atoms with Crippen molar-refractivity contribution in [2.75, 3.05) is 6.54 Å². The molecule has 2 aromatic rings. The van der Waals surface area contributed by atoms with Crippen LogP contribution in [0.4, 0.5) is 0 Å². The van der Waals surface area contributed by atoms with Crippen LogP contribution in [-0.2, 0) is 11.2 Å². The molecule has 0 saturated heterocycles. The van der Waals surface area contributed by atoms with Gasteiger partial charge in [-0.2, -0.15) is 0 Å². The van der Waals surface area contributed by atoms with Gasteiger partial charge in [0.15, 0.2) is 0 Å². The Kier molecular flexibility index (Phi) is 4.22. The monoisotopic (exact) mass is 255 g/mol. The quantitative estimate of drug-likeness (QED) is 0.702. The van der Waals surface area contributed by atoms with Crippen molar-refractivity contribution in [3.8, 4) is 12.3 Å². The first kappa shape index (κ1) is 13.2. The van der Waals surface area contributed by atoms with Crippen LogP contribution in [0.25, 0.3) is 10.9 Å². The van der Waals surface area contributed by atoms with Gasteiger partial charge in [0.2, 0.25) is 5.91 Å². The third kappa shape index (κ3) is 3.15. The maximum absolute atomic E-state index is 11.6. The standard InChI is InChI=1S/C15H17N3O/c1-2-5-13(16)15(19)17-9-8-11-10-18-14-7-4-3-6-12(11)14/h1,3-4,6-7,10,13,18H,5,8-9,16H2,(H,17,19). The van der Waals surface area contributed by atoms with Crippen LogP contribution < -0.4 is 11.1 Å². The van der Waals surface area contributed by atoms with E-state index in [2.05, 4.69) is 22.3 Å². The number of para-hydroxylation sites is 1. The molecule has 4 heteroatoms. The van der Waals surface area contributed by atoms with E-state index >= 15 is 0 Å². The maximum Gasteiger partial charge on any atom is 0.237 e. The summed E-state index contributed by atoms with van der Waals surface area (Å²) in [6.45, 7) is 0.555. The Bertz CT molecular complexity index is 609. The van der Waals surface area contributed by atoms with Crippen LogP contribution in [0.3, 0.4) is 0 Å². The van der Waals surface area contributed by atoms with E-state index in [1.165, 1.54) is 10.9 Å². The van der Waals surface area contributed by atoms with Crippen LogP contribution >= 0.6 is 0 Å². The van der Waals surface area contributed by atoms with Crippen molar-refractivity contribution in [3.05, 3.63) is 36.0 Å². The van der Waals surface area contributed by atoms with Crippen molar-refractivity contribution < 1.29 is 4.79 Å². The summed E-state index contributed by atoms with van der Waals surface area (Å²) in [5.41, 5.74) is 7.90. The highest BCUT2D eigenvalue weighted by Gasteiger charge is 2.11. The molecule has 0 saturated carbocycles. The number of benzene rings is 1. The molecular weight excluding hydrogens is 238 g/mol. The Morgan fingerprint density at radius 1 is 1.47 bits per heavy atom. The smallest absolute Gasteiger partial charge is 0.237 e. The Morgan fingerprint density at radius 2 is 2.26 bits per heavy atom. The van der Waals surface area contributed by atoms with E-state index in [-0.39, 0.29) is 12.3 Å². The third-order valence-corrected chi connectivity index (χ3v) is 3.04. The molecule has 0 spiro atoms. The van der Waals surface area contributed by atoms with Gasteiger partial charge in [-0.1, -0.05) is 18.2 Å². The first-order valence-electron chi connectivity index (χ1n) is 6.24. The molecule has 2 rings (SSSR count). The highest BCUT2D eigenvalue weighted by molar-refractivity contribution is 5.83. The molecule has 1 aromatic heterocycles. The van der Waals surface area contributed by atoms with Gasteiger partial charge in [-0.3, -0.25) is 4.79 Å². The average molecular weight is 255 g/mol. The number of aromatic amines is 1. The summed E-state index contributed by atoms with van der Waals surface area (Å²) in [6.07, 6.45) is 8.12. The van der Waals surface area contributed by atoms with Gasteiger partial charge in [-0.25, -0.2) is 0 Å². The number of carbonyl (C=O) groups is 1. The number of hydrogen-bond acceptors (Lipinski definition) is 2. The number of aromatic nitrogens is 1. The number of nitrogens with two attached hydrogens (primary N) is 1. The minimum absolute atomic E-state index is 0.196. The number of amides is 1. The number of rotatable bonds is 5. The molecule has 0 radical (unpaired) electrons. The fourth-order valence-electron chi connectivity index (χ4n) is 2.01. The van der Waals surface area contributed by atoms with Gasteiger partial charge in [0.25, 0.3) is 0 Å². The van der Waals surface area contributed by atoms with Crippen molar-refractivity contribution in [3.63, 3.8) is 0 Å². The van der Waals surface area contributed by atoms with Crippen LogP contribution in [0.2, 0.25) is 0 Å². The van der Waals surface area contributed by atoms with Crippen molar-refractivity contribution in [1.29, 1.82) is 0 Å². The van der Waals surface area contributed by atoms with Crippen molar-refractivity contribution in [2.45, 2.75) is 18.9 Å². The highest BCUT2D eigenvalue weighted by atomic mass is 16.2. The zero-order valence-corrected chi connectivity index (χ0v) is 10.6. The summed E-state index contributed by atoms with van der Waals surface area (Å²) in [7, 11) is 0. The van der Waals surface area contributed by atoms with Crippen molar-refractivity contribution in [2.24, 2.45) is 5.73 Å². The molecule has 19 heavy (non-hydrogen) atoms. The summed E-state index contributed by atoms with van der Waals surface area (Å²) in [6, 6.07) is 7.46. The van der Waals surface area contributed by atoms with Gasteiger partial charge >= 0.3 is 0 Å². The summed E-state index contributed by atoms with van der Waals surface area (Å²) in [5.74, 6) is 2.19. The van der Waals surface area contributed by atoms with E-state index < -0.39 is 6.04 Å². The number of carbonyl (C=O) groups excluding carboxylic acids is 1. The van der Waals surface area contributed by atoms with Gasteiger partial charge in [0, 0.05) is 30.1 Å². The molecule has 1 amide bonds. The molecule has 0 aliphatic carbocycles. The zero-order valence-electron chi connectivity index (χ0n) is 10.6. The van der Waals surface area contributed by atoms with Gasteiger partial charge in [0.1, 0.15) is 0 Å². The summed E-state index contributed by atoms with van der Waals surface area (Å²) >= 11 is 0. The lowest BCUT2D eigenvalue weighted by molar-refractivity contribution is -0.122. The molecule has 1 unspecified atom stereocenters. The summed E-state index contributed by atoms with van der Waals surface area (Å²) in [5, 5.41) is 3.98. The molecule has 0 aliphatic heterocycles. The Balaban J connectivity index is 1.90. The van der Waals surface area contributed by atoms with Crippen LogP contribution in [0.1, 0.15) is 12.0 Å². The number of fused-ring (bicyclic) bond motifs is 1. The van der Waals surface area contributed by atoms with E-state index in [0.29, 0.717) is 6.54 Å². The van der Waals surface area contributed by atoms with Gasteiger partial charge < -0.3 is 16.0 Å². The fourth-order valence-corrected chi connectivity index (χ4v) is 2.01. The Morgan fingerprint density at radius 3 is 3.05 bits per heavy atom. The maximum atomic E-state index is 11.6. The second kappa shape index (κ2) is 6.07. The first-order valence-corrected chi connectivity index (χ1v) is 6.24. The van der Waals surface area contributed by atoms with Crippen LogP contribution in [0.15, 0.2) is 30.5 Å². The molecule has 0 fully saturated rings. The van der Waals surface area contributed by atoms with Crippen molar-refractivity contribution in [1.82, 2.24) is 10.3 Å². The topological polar surface area (TPSA) is 70.9 Å². The number of H-pyrrole nitrogens is 1. The molecule has 4 nitrogen and oxygen atoms in total. The average Bonchev–Trinajstić information content (AvgIpc) is 2.82. The van der Waals surface area contributed by atoms with Crippen LogP contribution in [0.5, 0.6) is 0 Å². The highest BCUT2D eigenvalue weighted by Crippen LogP contribution is 2.17. The number of hydrogen-bond donors (Lipinski definition) is 3. The summed E-state index contributed by atoms with van der Waals surface area (Å²) in [4.78, 5) is 14.8. The predicted octanol–water partition coefficient (Wildman–Crippen LogP) is 1.18. The van der Waals surface area contributed by atoms with Crippen molar-refractivity contribution >= 4 is 16.8 Å². The minimum atomic E-state index is -0.618. The molecule has 0 bridgehead atoms. The van der Waals surface area contributed by atoms with E-state index in [1.54, 1.807) is 0 Å². The molecule has 1 aromatic carbocycles. The van der Waals surface area contributed by atoms with Gasteiger partial charge in [-0.05, 0) is 18.1 Å². The minimum Gasteiger partial charge on any atom is -0.361 e. The molecule has 1 heterocycles. The molecule has 98 valence electrons. The Hall–Kier alpha value is -2.25. The predicted molar refractivity (Wildman–Crippen MR) is 76.4 cm³/mol. The first-order chi connectivity index (χ1) is 9.22. The lowest BCUT2D eigenvalue weighted by Gasteiger charge is -2.09. The van der Waals surface area contributed by atoms with E-state index in [1.807, 2.05) is 24.4 Å². The molecule has 1 atom stereocenters. The van der Waals surface area contributed by atoms with Crippen LogP contribution in [0, 0.1) is 12.3 Å². The Labute approximate surface area is 112 Å². The largest absolute Gasteiger partial charge is 0.361 e. The fraction of sp³-hybridized carbons (Fsp3) is 0.267.